The molecule has 1 fully saturated rings. The monoisotopic (exact) mass is 311 g/mol. The fourth-order valence-electron chi connectivity index (χ4n) is 3.37. The Balaban J connectivity index is 1.64. The second-order valence-electron chi connectivity index (χ2n) is 6.07. The topological polar surface area (TPSA) is 66.8 Å². The van der Waals surface area contributed by atoms with Gasteiger partial charge in [-0.25, -0.2) is 12.7 Å². The Morgan fingerprint density at radius 1 is 1.24 bits per heavy atom. The van der Waals surface area contributed by atoms with E-state index in [-0.39, 0.29) is 5.75 Å². The first-order valence-electron chi connectivity index (χ1n) is 7.33. The minimum absolute atomic E-state index is 0.230. The van der Waals surface area contributed by atoms with Crippen LogP contribution in [-0.2, 0) is 16.4 Å². The summed E-state index contributed by atoms with van der Waals surface area (Å²) in [4.78, 5) is 0. The molecular formula is C15H21NO4S. The van der Waals surface area contributed by atoms with E-state index in [9.17, 15) is 13.5 Å². The maximum absolute atomic E-state index is 11.5. The largest absolute Gasteiger partial charge is 0.508 e. The molecule has 21 heavy (non-hydrogen) atoms. The van der Waals surface area contributed by atoms with Crippen molar-refractivity contribution in [2.45, 2.75) is 19.3 Å². The van der Waals surface area contributed by atoms with Crippen molar-refractivity contribution in [2.24, 2.45) is 11.8 Å². The molecule has 0 spiro atoms. The number of sulfonamides is 1. The molecule has 2 aliphatic heterocycles. The molecule has 1 aromatic carbocycles. The zero-order valence-corrected chi connectivity index (χ0v) is 13.0. The van der Waals surface area contributed by atoms with Crippen LogP contribution in [0.5, 0.6) is 11.5 Å². The molecule has 1 atom stereocenters. The fourth-order valence-corrected chi connectivity index (χ4v) is 4.24. The molecule has 6 heteroatoms. The van der Waals surface area contributed by atoms with Crippen molar-refractivity contribution in [3.05, 3.63) is 23.8 Å². The zero-order chi connectivity index (χ0) is 15.0. The predicted octanol–water partition coefficient (Wildman–Crippen LogP) is 1.61. The van der Waals surface area contributed by atoms with Gasteiger partial charge >= 0.3 is 0 Å². The van der Waals surface area contributed by atoms with E-state index in [0.717, 1.165) is 30.6 Å². The molecule has 1 saturated heterocycles. The van der Waals surface area contributed by atoms with E-state index in [1.54, 1.807) is 16.4 Å². The number of rotatable bonds is 2. The van der Waals surface area contributed by atoms with Gasteiger partial charge in [-0.05, 0) is 36.8 Å². The van der Waals surface area contributed by atoms with E-state index in [0.29, 0.717) is 31.5 Å². The molecule has 0 bridgehead atoms. The first-order chi connectivity index (χ1) is 9.93. The van der Waals surface area contributed by atoms with Gasteiger partial charge < -0.3 is 9.84 Å². The number of piperidine rings is 1. The Morgan fingerprint density at radius 3 is 2.62 bits per heavy atom. The summed E-state index contributed by atoms with van der Waals surface area (Å²) >= 11 is 0. The van der Waals surface area contributed by atoms with E-state index in [4.69, 9.17) is 4.74 Å². The molecule has 1 aromatic rings. The lowest BCUT2D eigenvalue weighted by Gasteiger charge is -2.37. The molecule has 3 rings (SSSR count). The van der Waals surface area contributed by atoms with Crippen molar-refractivity contribution in [2.75, 3.05) is 26.0 Å². The van der Waals surface area contributed by atoms with Crippen LogP contribution in [0.1, 0.15) is 18.4 Å². The molecule has 0 radical (unpaired) electrons. The molecule has 1 N–H and O–H groups in total. The van der Waals surface area contributed by atoms with Crippen molar-refractivity contribution < 1.29 is 18.3 Å². The normalized spacial score (nSPS) is 24.3. The number of phenols is 1. The highest BCUT2D eigenvalue weighted by molar-refractivity contribution is 7.88. The van der Waals surface area contributed by atoms with Crippen LogP contribution in [0.4, 0.5) is 0 Å². The highest BCUT2D eigenvalue weighted by Crippen LogP contribution is 2.36. The minimum Gasteiger partial charge on any atom is -0.508 e. The van der Waals surface area contributed by atoms with E-state index in [1.807, 2.05) is 6.07 Å². The summed E-state index contributed by atoms with van der Waals surface area (Å²) in [5, 5.41) is 9.47. The average Bonchev–Trinajstić information content (AvgIpc) is 2.46. The number of phenolic OH excluding ortho intramolecular Hbond substituents is 1. The maximum Gasteiger partial charge on any atom is 0.211 e. The molecule has 5 nitrogen and oxygen atoms in total. The second kappa shape index (κ2) is 5.50. The molecule has 0 aromatic heterocycles. The first-order valence-corrected chi connectivity index (χ1v) is 9.18. The van der Waals surface area contributed by atoms with Crippen LogP contribution in [-0.4, -0.2) is 43.8 Å². The number of hydrogen-bond donors (Lipinski definition) is 1. The van der Waals surface area contributed by atoms with Crippen LogP contribution < -0.4 is 4.74 Å². The minimum atomic E-state index is -3.06. The number of benzene rings is 1. The van der Waals surface area contributed by atoms with Crippen molar-refractivity contribution in [1.82, 2.24) is 4.31 Å². The first kappa shape index (κ1) is 14.7. The molecule has 2 heterocycles. The lowest BCUT2D eigenvalue weighted by molar-refractivity contribution is 0.130. The number of ether oxygens (including phenoxy) is 1. The Bertz CT molecular complexity index is 621. The number of hydrogen-bond acceptors (Lipinski definition) is 4. The second-order valence-corrected chi connectivity index (χ2v) is 8.05. The Kier molecular flexibility index (Phi) is 3.84. The van der Waals surface area contributed by atoms with E-state index >= 15 is 0 Å². The molecule has 0 aliphatic carbocycles. The highest BCUT2D eigenvalue weighted by atomic mass is 32.2. The van der Waals surface area contributed by atoms with Gasteiger partial charge in [-0.3, -0.25) is 0 Å². The summed E-state index contributed by atoms with van der Waals surface area (Å²) in [6.07, 6.45) is 4.02. The Morgan fingerprint density at radius 2 is 1.95 bits per heavy atom. The number of fused-ring (bicyclic) bond motifs is 1. The third-order valence-electron chi connectivity index (χ3n) is 4.62. The van der Waals surface area contributed by atoms with Gasteiger partial charge in [0.1, 0.15) is 11.5 Å². The van der Waals surface area contributed by atoms with Gasteiger partial charge in [0.15, 0.2) is 0 Å². The smallest absolute Gasteiger partial charge is 0.211 e. The summed E-state index contributed by atoms with van der Waals surface area (Å²) in [6, 6.07) is 5.27. The Labute approximate surface area is 125 Å². The van der Waals surface area contributed by atoms with Crippen molar-refractivity contribution >= 4 is 10.0 Å². The van der Waals surface area contributed by atoms with Crippen molar-refractivity contribution in [1.29, 1.82) is 0 Å². The van der Waals surface area contributed by atoms with Gasteiger partial charge in [-0.1, -0.05) is 6.07 Å². The average molecular weight is 311 g/mol. The summed E-state index contributed by atoms with van der Waals surface area (Å²) in [7, 11) is -3.06. The van der Waals surface area contributed by atoms with Gasteiger partial charge in [-0.2, -0.15) is 0 Å². The molecule has 116 valence electrons. The summed E-state index contributed by atoms with van der Waals surface area (Å²) in [5.41, 5.74) is 1.13. The molecule has 0 saturated carbocycles. The molecule has 1 unspecified atom stereocenters. The third kappa shape index (κ3) is 3.16. The standard InChI is InChI=1S/C15H21NO4S/c1-21(18,19)16-6-4-11(5-7-16)13-8-12-2-3-14(17)9-15(12)20-10-13/h2-3,9,11,13,17H,4-8,10H2,1H3. The van der Waals surface area contributed by atoms with Crippen LogP contribution in [0, 0.1) is 11.8 Å². The summed E-state index contributed by atoms with van der Waals surface area (Å²) in [5.74, 6) is 1.95. The van der Waals surface area contributed by atoms with Crippen molar-refractivity contribution in [3.8, 4) is 11.5 Å². The SMILES string of the molecule is CS(=O)(=O)N1CCC(C2COc3cc(O)ccc3C2)CC1. The van der Waals surface area contributed by atoms with Crippen LogP contribution >= 0.6 is 0 Å². The number of aromatic hydroxyl groups is 1. The van der Waals surface area contributed by atoms with Gasteiger partial charge in [0, 0.05) is 25.1 Å². The van der Waals surface area contributed by atoms with Gasteiger partial charge in [-0.15, -0.1) is 0 Å². The van der Waals surface area contributed by atoms with E-state index in [1.165, 1.54) is 6.26 Å². The van der Waals surface area contributed by atoms with Crippen LogP contribution in [0.3, 0.4) is 0 Å². The van der Waals surface area contributed by atoms with Crippen LogP contribution in [0.15, 0.2) is 18.2 Å². The maximum atomic E-state index is 11.5. The van der Waals surface area contributed by atoms with Gasteiger partial charge in [0.2, 0.25) is 10.0 Å². The third-order valence-corrected chi connectivity index (χ3v) is 5.92. The molecule has 2 aliphatic rings. The lowest BCUT2D eigenvalue weighted by atomic mass is 9.80. The Hall–Kier alpha value is -1.27. The quantitative estimate of drug-likeness (QED) is 0.901. The zero-order valence-electron chi connectivity index (χ0n) is 12.2. The molecule has 0 amide bonds. The van der Waals surface area contributed by atoms with Gasteiger partial charge in [0.25, 0.3) is 0 Å². The van der Waals surface area contributed by atoms with Gasteiger partial charge in [0.05, 0.1) is 12.9 Å². The lowest BCUT2D eigenvalue weighted by Crippen LogP contribution is -2.41. The number of nitrogens with zero attached hydrogens (tertiary/aromatic N) is 1. The predicted molar refractivity (Wildman–Crippen MR) is 79.9 cm³/mol. The fraction of sp³-hybridized carbons (Fsp3) is 0.600. The summed E-state index contributed by atoms with van der Waals surface area (Å²) < 4.78 is 30.4. The van der Waals surface area contributed by atoms with E-state index < -0.39 is 10.0 Å². The van der Waals surface area contributed by atoms with Crippen molar-refractivity contribution in [3.63, 3.8) is 0 Å². The van der Waals surface area contributed by atoms with E-state index in [2.05, 4.69) is 0 Å². The van der Waals surface area contributed by atoms with Crippen LogP contribution in [0.2, 0.25) is 0 Å². The van der Waals surface area contributed by atoms with Crippen LogP contribution in [0.25, 0.3) is 0 Å². The highest BCUT2D eigenvalue weighted by Gasteiger charge is 2.32. The summed E-state index contributed by atoms with van der Waals surface area (Å²) in [6.45, 7) is 1.88. The molecular weight excluding hydrogens is 290 g/mol.